The molecule has 6 nitrogen and oxygen atoms in total. The number of carbonyl (C=O) groups is 2. The molecule has 0 spiro atoms. The summed E-state index contributed by atoms with van der Waals surface area (Å²) in [5.41, 5.74) is 0.330. The van der Waals surface area contributed by atoms with Gasteiger partial charge in [0.05, 0.1) is 23.1 Å². The molecular weight excluding hydrogens is 482 g/mol. The zero-order chi connectivity index (χ0) is 20.6. The standard InChI is InChI=1S/C19H25Br2NO5/c1-10-9-26-14-11(19(10,5)16(20)21)7-8-12(13(14)15(23)25-6)22-17(24)27-18(2,3)4/h7-8,10,16H,9H2,1-6H3,(H,22,24). The number of halogens is 2. The number of hydrogen-bond donors (Lipinski definition) is 1. The first-order valence-corrected chi connectivity index (χ1v) is 10.4. The normalized spacial score (nSPS) is 21.9. The van der Waals surface area contributed by atoms with Crippen molar-refractivity contribution in [3.8, 4) is 5.75 Å². The van der Waals surface area contributed by atoms with E-state index in [0.29, 0.717) is 12.4 Å². The van der Waals surface area contributed by atoms with Gasteiger partial charge >= 0.3 is 12.1 Å². The predicted molar refractivity (Wildman–Crippen MR) is 111 cm³/mol. The summed E-state index contributed by atoms with van der Waals surface area (Å²) in [5.74, 6) is 0.0133. The van der Waals surface area contributed by atoms with Crippen LogP contribution >= 0.6 is 31.9 Å². The number of benzene rings is 1. The van der Waals surface area contributed by atoms with Gasteiger partial charge in [-0.3, -0.25) is 5.32 Å². The van der Waals surface area contributed by atoms with Gasteiger partial charge in [0.25, 0.3) is 0 Å². The molecule has 27 heavy (non-hydrogen) atoms. The van der Waals surface area contributed by atoms with Gasteiger partial charge in [-0.25, -0.2) is 9.59 Å². The topological polar surface area (TPSA) is 73.9 Å². The Morgan fingerprint density at radius 2 is 1.96 bits per heavy atom. The van der Waals surface area contributed by atoms with Crippen LogP contribution in [-0.2, 0) is 14.9 Å². The van der Waals surface area contributed by atoms with Crippen LogP contribution in [0.3, 0.4) is 0 Å². The molecule has 0 saturated carbocycles. The molecule has 1 N–H and O–H groups in total. The second kappa shape index (κ2) is 7.99. The largest absolute Gasteiger partial charge is 0.492 e. The van der Waals surface area contributed by atoms with Crippen LogP contribution in [0, 0.1) is 5.92 Å². The number of rotatable bonds is 3. The van der Waals surface area contributed by atoms with Crippen LogP contribution in [0.5, 0.6) is 5.75 Å². The van der Waals surface area contributed by atoms with E-state index in [1.54, 1.807) is 26.8 Å². The number of ether oxygens (including phenoxy) is 3. The molecule has 0 radical (unpaired) electrons. The highest BCUT2D eigenvalue weighted by Gasteiger charge is 2.45. The number of amides is 1. The predicted octanol–water partition coefficient (Wildman–Crippen LogP) is 5.22. The van der Waals surface area contributed by atoms with E-state index in [2.05, 4.69) is 51.0 Å². The highest BCUT2D eigenvalue weighted by molar-refractivity contribution is 9.24. The van der Waals surface area contributed by atoms with E-state index in [9.17, 15) is 9.59 Å². The van der Waals surface area contributed by atoms with Crippen molar-refractivity contribution in [3.05, 3.63) is 23.3 Å². The lowest BCUT2D eigenvalue weighted by atomic mass is 9.72. The van der Waals surface area contributed by atoms with Gasteiger partial charge in [0, 0.05) is 16.9 Å². The van der Waals surface area contributed by atoms with Crippen LogP contribution in [-0.4, -0.2) is 35.1 Å². The summed E-state index contributed by atoms with van der Waals surface area (Å²) >= 11 is 7.26. The monoisotopic (exact) mass is 505 g/mol. The first kappa shape index (κ1) is 22.0. The van der Waals surface area contributed by atoms with E-state index in [-0.39, 0.29) is 26.3 Å². The molecule has 0 fully saturated rings. The van der Waals surface area contributed by atoms with Gasteiger partial charge in [-0.2, -0.15) is 0 Å². The van der Waals surface area contributed by atoms with Gasteiger partial charge in [0.15, 0.2) is 0 Å². The molecule has 0 bridgehead atoms. The molecule has 1 heterocycles. The van der Waals surface area contributed by atoms with Gasteiger partial charge in [-0.1, -0.05) is 51.8 Å². The zero-order valence-corrected chi connectivity index (χ0v) is 19.5. The van der Waals surface area contributed by atoms with E-state index in [4.69, 9.17) is 14.2 Å². The van der Waals surface area contributed by atoms with Crippen LogP contribution in [0.15, 0.2) is 12.1 Å². The molecule has 0 saturated heterocycles. The lowest BCUT2D eigenvalue weighted by molar-refractivity contribution is 0.0591. The fourth-order valence-corrected chi connectivity index (χ4v) is 4.35. The molecule has 150 valence electrons. The minimum atomic E-state index is -0.659. The lowest BCUT2D eigenvalue weighted by Crippen LogP contribution is -2.43. The average Bonchev–Trinajstić information content (AvgIpc) is 2.55. The Hall–Kier alpha value is -1.28. The fourth-order valence-electron chi connectivity index (χ4n) is 2.96. The molecular formula is C19H25Br2NO5. The number of esters is 1. The number of anilines is 1. The molecule has 8 heteroatoms. The molecule has 1 aromatic rings. The van der Waals surface area contributed by atoms with Crippen molar-refractivity contribution in [1.82, 2.24) is 0 Å². The van der Waals surface area contributed by atoms with Crippen molar-refractivity contribution < 1.29 is 23.8 Å². The van der Waals surface area contributed by atoms with E-state index in [1.165, 1.54) is 7.11 Å². The van der Waals surface area contributed by atoms with E-state index in [0.717, 1.165) is 5.56 Å². The molecule has 2 rings (SSSR count). The van der Waals surface area contributed by atoms with E-state index in [1.807, 2.05) is 6.07 Å². The second-order valence-corrected chi connectivity index (χ2v) is 10.8. The third-order valence-electron chi connectivity index (χ3n) is 4.72. The maximum Gasteiger partial charge on any atom is 0.412 e. The van der Waals surface area contributed by atoms with Crippen LogP contribution in [0.2, 0.25) is 0 Å². The number of methoxy groups -OCH3 is 1. The Morgan fingerprint density at radius 1 is 1.33 bits per heavy atom. The van der Waals surface area contributed by atoms with Crippen LogP contribution < -0.4 is 10.1 Å². The van der Waals surface area contributed by atoms with Crippen LogP contribution in [0.1, 0.15) is 50.5 Å². The van der Waals surface area contributed by atoms with Crippen molar-refractivity contribution in [1.29, 1.82) is 0 Å². The van der Waals surface area contributed by atoms with Crippen molar-refractivity contribution in [2.45, 2.75) is 49.4 Å². The summed E-state index contributed by atoms with van der Waals surface area (Å²) in [5, 5.41) is 2.63. The van der Waals surface area contributed by atoms with Gasteiger partial charge in [-0.05, 0) is 26.8 Å². The number of alkyl halides is 2. The summed E-state index contributed by atoms with van der Waals surface area (Å²) in [4.78, 5) is 24.7. The maximum atomic E-state index is 12.5. The smallest absolute Gasteiger partial charge is 0.412 e. The Kier molecular flexibility index (Phi) is 6.52. The van der Waals surface area contributed by atoms with Crippen molar-refractivity contribution >= 4 is 49.6 Å². The lowest BCUT2D eigenvalue weighted by Gasteiger charge is -2.43. The third-order valence-corrected chi connectivity index (χ3v) is 6.62. The maximum absolute atomic E-state index is 12.5. The highest BCUT2D eigenvalue weighted by Crippen LogP contribution is 2.50. The Labute approximate surface area is 176 Å². The first-order chi connectivity index (χ1) is 12.4. The molecule has 2 unspecified atom stereocenters. The van der Waals surface area contributed by atoms with Crippen molar-refractivity contribution in [2.75, 3.05) is 19.0 Å². The quantitative estimate of drug-likeness (QED) is 0.449. The average molecular weight is 507 g/mol. The first-order valence-electron chi connectivity index (χ1n) is 8.58. The summed E-state index contributed by atoms with van der Waals surface area (Å²) in [7, 11) is 1.29. The number of hydrogen-bond acceptors (Lipinski definition) is 5. The zero-order valence-electron chi connectivity index (χ0n) is 16.3. The summed E-state index contributed by atoms with van der Waals surface area (Å²) in [6, 6.07) is 3.54. The van der Waals surface area contributed by atoms with Gasteiger partial charge in [0.1, 0.15) is 16.9 Å². The van der Waals surface area contributed by atoms with Gasteiger partial charge in [0.2, 0.25) is 0 Å². The third kappa shape index (κ3) is 4.42. The van der Waals surface area contributed by atoms with Gasteiger partial charge < -0.3 is 14.2 Å². The van der Waals surface area contributed by atoms with Crippen LogP contribution in [0.4, 0.5) is 10.5 Å². The van der Waals surface area contributed by atoms with Gasteiger partial charge in [-0.15, -0.1) is 0 Å². The minimum absolute atomic E-state index is 0.0367. The number of carbonyl (C=O) groups excluding carboxylic acids is 2. The molecule has 0 aliphatic carbocycles. The SMILES string of the molecule is COC(=O)c1c(NC(=O)OC(C)(C)C)ccc2c1OCC(C)C2(C)C(Br)Br. The Balaban J connectivity index is 2.56. The summed E-state index contributed by atoms with van der Waals surface area (Å²) in [6.45, 7) is 9.91. The minimum Gasteiger partial charge on any atom is -0.492 e. The Morgan fingerprint density at radius 3 is 2.48 bits per heavy atom. The Bertz CT molecular complexity index is 744. The van der Waals surface area contributed by atoms with E-state index < -0.39 is 17.7 Å². The number of fused-ring (bicyclic) bond motifs is 1. The summed E-state index contributed by atoms with van der Waals surface area (Å²) in [6.07, 6.45) is -0.654. The summed E-state index contributed by atoms with van der Waals surface area (Å²) < 4.78 is 16.1. The molecule has 0 aromatic heterocycles. The molecule has 1 aliphatic heterocycles. The van der Waals surface area contributed by atoms with Crippen molar-refractivity contribution in [2.24, 2.45) is 5.92 Å². The fraction of sp³-hybridized carbons (Fsp3) is 0.579. The second-order valence-electron chi connectivity index (χ2n) is 7.78. The molecule has 2 atom stereocenters. The van der Waals surface area contributed by atoms with Crippen molar-refractivity contribution in [3.63, 3.8) is 0 Å². The van der Waals surface area contributed by atoms with E-state index >= 15 is 0 Å². The highest BCUT2D eigenvalue weighted by atomic mass is 79.9. The molecule has 1 aromatic carbocycles. The molecule has 1 amide bonds. The van der Waals surface area contributed by atoms with Crippen LogP contribution in [0.25, 0.3) is 0 Å². The number of nitrogens with one attached hydrogen (secondary N) is 1. The molecule has 1 aliphatic rings.